The lowest BCUT2D eigenvalue weighted by Crippen LogP contribution is -2.17. The van der Waals surface area contributed by atoms with E-state index < -0.39 is 0 Å². The Morgan fingerprint density at radius 3 is 2.73 bits per heavy atom. The van der Waals surface area contributed by atoms with Crippen LogP contribution in [0, 0.1) is 5.92 Å². The van der Waals surface area contributed by atoms with Crippen LogP contribution in [0.3, 0.4) is 0 Å². The number of hydrogen-bond acceptors (Lipinski definition) is 1. The monoisotopic (exact) mass is 204 g/mol. The van der Waals surface area contributed by atoms with Crippen molar-refractivity contribution in [1.29, 1.82) is 0 Å². The Morgan fingerprint density at radius 2 is 2.00 bits per heavy atom. The van der Waals surface area contributed by atoms with E-state index in [4.69, 9.17) is 4.74 Å². The highest BCUT2D eigenvalue weighted by atomic mass is 16.5. The molecule has 2 rings (SSSR count). The molecule has 0 N–H and O–H groups in total. The number of ether oxygens (including phenoxy) is 1. The van der Waals surface area contributed by atoms with Gasteiger partial charge in [0.2, 0.25) is 0 Å². The minimum atomic E-state index is 0.509. The van der Waals surface area contributed by atoms with E-state index in [0.29, 0.717) is 6.10 Å². The van der Waals surface area contributed by atoms with E-state index in [0.717, 1.165) is 12.5 Å². The minimum absolute atomic E-state index is 0.509. The molecule has 1 aliphatic carbocycles. The van der Waals surface area contributed by atoms with Crippen molar-refractivity contribution in [1.82, 2.24) is 0 Å². The van der Waals surface area contributed by atoms with Crippen molar-refractivity contribution in [3.63, 3.8) is 0 Å². The molecule has 82 valence electrons. The largest absolute Gasteiger partial charge is 0.373 e. The van der Waals surface area contributed by atoms with Crippen LogP contribution in [0.1, 0.15) is 38.2 Å². The van der Waals surface area contributed by atoms with Gasteiger partial charge < -0.3 is 4.74 Å². The Hall–Kier alpha value is -0.820. The zero-order valence-corrected chi connectivity index (χ0v) is 9.49. The topological polar surface area (TPSA) is 9.23 Å². The molecule has 1 unspecified atom stereocenters. The van der Waals surface area contributed by atoms with Crippen molar-refractivity contribution in [2.24, 2.45) is 5.92 Å². The summed E-state index contributed by atoms with van der Waals surface area (Å²) in [6.07, 6.45) is 5.73. The van der Waals surface area contributed by atoms with Crippen LogP contribution in [0.2, 0.25) is 0 Å². The molecule has 0 saturated heterocycles. The maximum absolute atomic E-state index is 5.99. The molecule has 1 nitrogen and oxygen atoms in total. The Labute approximate surface area is 92.5 Å². The molecule has 0 bridgehead atoms. The highest BCUT2D eigenvalue weighted by Gasteiger charge is 2.26. The number of benzene rings is 1. The SMILES string of the molecule is CCC1CCC[C@H]1OCc1ccccc1. The third kappa shape index (κ3) is 2.82. The lowest BCUT2D eigenvalue weighted by Gasteiger charge is -2.18. The molecular formula is C14H20O. The van der Waals surface area contributed by atoms with Crippen LogP contribution in [0.25, 0.3) is 0 Å². The summed E-state index contributed by atoms with van der Waals surface area (Å²) in [5.41, 5.74) is 1.29. The summed E-state index contributed by atoms with van der Waals surface area (Å²) in [6, 6.07) is 10.5. The molecule has 2 atom stereocenters. The molecule has 1 saturated carbocycles. The third-order valence-electron chi connectivity index (χ3n) is 3.42. The highest BCUT2D eigenvalue weighted by Crippen LogP contribution is 2.31. The van der Waals surface area contributed by atoms with Gasteiger partial charge in [-0.1, -0.05) is 50.1 Å². The van der Waals surface area contributed by atoms with Crippen LogP contribution in [0.15, 0.2) is 30.3 Å². The van der Waals surface area contributed by atoms with Crippen LogP contribution in [0.4, 0.5) is 0 Å². The van der Waals surface area contributed by atoms with Gasteiger partial charge in [0.1, 0.15) is 0 Å². The fourth-order valence-electron chi connectivity index (χ4n) is 2.47. The zero-order chi connectivity index (χ0) is 10.5. The first-order valence-electron chi connectivity index (χ1n) is 6.05. The molecule has 1 heteroatoms. The molecule has 1 aromatic carbocycles. The normalized spacial score (nSPS) is 25.7. The molecule has 0 amide bonds. The molecular weight excluding hydrogens is 184 g/mol. The zero-order valence-electron chi connectivity index (χ0n) is 9.49. The lowest BCUT2D eigenvalue weighted by atomic mass is 10.0. The smallest absolute Gasteiger partial charge is 0.0720 e. The van der Waals surface area contributed by atoms with E-state index in [9.17, 15) is 0 Å². The van der Waals surface area contributed by atoms with Crippen molar-refractivity contribution in [2.75, 3.05) is 0 Å². The first-order chi connectivity index (χ1) is 7.40. The van der Waals surface area contributed by atoms with E-state index in [2.05, 4.69) is 31.2 Å². The molecule has 0 aliphatic heterocycles. The summed E-state index contributed by atoms with van der Waals surface area (Å²) < 4.78 is 5.99. The molecule has 0 radical (unpaired) electrons. The Morgan fingerprint density at radius 1 is 1.20 bits per heavy atom. The van der Waals surface area contributed by atoms with Gasteiger partial charge in [-0.3, -0.25) is 0 Å². The van der Waals surface area contributed by atoms with Gasteiger partial charge in [-0.15, -0.1) is 0 Å². The summed E-state index contributed by atoms with van der Waals surface area (Å²) >= 11 is 0. The van der Waals surface area contributed by atoms with Crippen molar-refractivity contribution in [2.45, 2.75) is 45.3 Å². The summed E-state index contributed by atoms with van der Waals surface area (Å²) in [7, 11) is 0. The average molecular weight is 204 g/mol. The molecule has 0 aromatic heterocycles. The van der Waals surface area contributed by atoms with Gasteiger partial charge >= 0.3 is 0 Å². The second-order valence-corrected chi connectivity index (χ2v) is 4.43. The fraction of sp³-hybridized carbons (Fsp3) is 0.571. The predicted octanol–water partition coefficient (Wildman–Crippen LogP) is 3.78. The summed E-state index contributed by atoms with van der Waals surface area (Å²) in [4.78, 5) is 0. The summed E-state index contributed by atoms with van der Waals surface area (Å²) in [5.74, 6) is 0.800. The van der Waals surface area contributed by atoms with E-state index in [-0.39, 0.29) is 0 Å². The highest BCUT2D eigenvalue weighted by molar-refractivity contribution is 5.13. The van der Waals surface area contributed by atoms with E-state index in [1.54, 1.807) is 0 Å². The van der Waals surface area contributed by atoms with Gasteiger partial charge in [-0.2, -0.15) is 0 Å². The van der Waals surface area contributed by atoms with Gasteiger partial charge in [0, 0.05) is 0 Å². The Kier molecular flexibility index (Phi) is 3.79. The van der Waals surface area contributed by atoms with Crippen molar-refractivity contribution >= 4 is 0 Å². The van der Waals surface area contributed by atoms with E-state index in [1.165, 1.54) is 31.2 Å². The van der Waals surface area contributed by atoms with Crippen LogP contribution < -0.4 is 0 Å². The Bertz CT molecular complexity index is 281. The van der Waals surface area contributed by atoms with Crippen LogP contribution in [0.5, 0.6) is 0 Å². The van der Waals surface area contributed by atoms with Crippen LogP contribution >= 0.6 is 0 Å². The molecule has 15 heavy (non-hydrogen) atoms. The quantitative estimate of drug-likeness (QED) is 0.725. The first kappa shape index (κ1) is 10.7. The number of hydrogen-bond donors (Lipinski definition) is 0. The third-order valence-corrected chi connectivity index (χ3v) is 3.42. The second-order valence-electron chi connectivity index (χ2n) is 4.43. The van der Waals surface area contributed by atoms with Crippen LogP contribution in [-0.2, 0) is 11.3 Å². The van der Waals surface area contributed by atoms with Crippen LogP contribution in [-0.4, -0.2) is 6.10 Å². The average Bonchev–Trinajstić information content (AvgIpc) is 2.75. The first-order valence-corrected chi connectivity index (χ1v) is 6.05. The van der Waals surface area contributed by atoms with E-state index >= 15 is 0 Å². The molecule has 1 fully saturated rings. The molecule has 0 spiro atoms. The maximum atomic E-state index is 5.99. The van der Waals surface area contributed by atoms with Gasteiger partial charge in [-0.25, -0.2) is 0 Å². The van der Waals surface area contributed by atoms with Crippen molar-refractivity contribution < 1.29 is 4.74 Å². The minimum Gasteiger partial charge on any atom is -0.373 e. The van der Waals surface area contributed by atoms with Gasteiger partial charge in [0.15, 0.2) is 0 Å². The summed E-state index contributed by atoms with van der Waals surface area (Å²) in [5, 5.41) is 0. The van der Waals surface area contributed by atoms with Crippen molar-refractivity contribution in [3.8, 4) is 0 Å². The summed E-state index contributed by atoms with van der Waals surface area (Å²) in [6.45, 7) is 3.05. The second kappa shape index (κ2) is 5.32. The maximum Gasteiger partial charge on any atom is 0.0720 e. The fourth-order valence-corrected chi connectivity index (χ4v) is 2.47. The Balaban J connectivity index is 1.83. The molecule has 1 aliphatic rings. The lowest BCUT2D eigenvalue weighted by molar-refractivity contribution is 0.0150. The van der Waals surface area contributed by atoms with E-state index in [1.807, 2.05) is 6.07 Å². The van der Waals surface area contributed by atoms with Gasteiger partial charge in [0.25, 0.3) is 0 Å². The van der Waals surface area contributed by atoms with Gasteiger partial charge in [0.05, 0.1) is 12.7 Å². The molecule has 1 aromatic rings. The standard InChI is InChI=1S/C14H20O/c1-2-13-9-6-10-14(13)15-11-12-7-4-3-5-8-12/h3-5,7-8,13-14H,2,6,9-11H2,1H3/t13?,14-/m1/s1. The molecule has 0 heterocycles. The predicted molar refractivity (Wildman–Crippen MR) is 62.7 cm³/mol. The number of rotatable bonds is 4. The van der Waals surface area contributed by atoms with Crippen molar-refractivity contribution in [3.05, 3.63) is 35.9 Å². The van der Waals surface area contributed by atoms with Gasteiger partial charge in [-0.05, 0) is 24.3 Å².